The van der Waals surface area contributed by atoms with Crippen molar-refractivity contribution in [2.24, 2.45) is 0 Å². The maximum Gasteiger partial charge on any atom is 0.164 e. The highest BCUT2D eigenvalue weighted by Gasteiger charge is 2.10. The molecule has 1 aromatic rings. The molecule has 5 heteroatoms. The predicted molar refractivity (Wildman–Crippen MR) is 80.1 cm³/mol. The Bertz CT molecular complexity index is 405. The van der Waals surface area contributed by atoms with Crippen molar-refractivity contribution in [2.75, 3.05) is 32.8 Å². The summed E-state index contributed by atoms with van der Waals surface area (Å²) in [6.45, 7) is 6.33. The van der Waals surface area contributed by atoms with E-state index < -0.39 is 10.8 Å². The Hall–Kier alpha value is -1.23. The Morgan fingerprint density at radius 1 is 1.16 bits per heavy atom. The van der Waals surface area contributed by atoms with Gasteiger partial charge in [-0.2, -0.15) is 0 Å². The van der Waals surface area contributed by atoms with Gasteiger partial charge in [-0.05, 0) is 18.6 Å². The minimum atomic E-state index is -0.851. The van der Waals surface area contributed by atoms with Crippen molar-refractivity contribution in [3.05, 3.63) is 17.7 Å². The quantitative estimate of drug-likeness (QED) is 0.807. The third-order valence-corrected chi connectivity index (χ3v) is 3.03. The first-order valence-electron chi connectivity index (χ1n) is 6.24. The van der Waals surface area contributed by atoms with Crippen molar-refractivity contribution in [2.45, 2.75) is 20.8 Å². The molecule has 1 aromatic carbocycles. The van der Waals surface area contributed by atoms with Crippen molar-refractivity contribution in [1.82, 2.24) is 0 Å². The second-order valence-corrected chi connectivity index (χ2v) is 5.16. The van der Waals surface area contributed by atoms with Gasteiger partial charge in [-0.25, -0.2) is 0 Å². The lowest BCUT2D eigenvalue weighted by Crippen LogP contribution is -2.08. The standard InChI is InChI=1S/C12H18O4S.C2H6/c1-9-7-10(14-2)8-11(15-3)12(9)16-5-6-17(4)13;1-2/h7-8H,5-6H2,1-4H3;1-2H3. The van der Waals surface area contributed by atoms with E-state index in [0.29, 0.717) is 23.9 Å². The third-order valence-electron chi connectivity index (χ3n) is 2.29. The minimum Gasteiger partial charge on any atom is -0.497 e. The summed E-state index contributed by atoms with van der Waals surface area (Å²) in [4.78, 5) is 0. The number of ether oxygens (including phenoxy) is 3. The molecule has 0 heterocycles. The fourth-order valence-electron chi connectivity index (χ4n) is 1.43. The Labute approximate surface area is 118 Å². The van der Waals surface area contributed by atoms with E-state index in [0.717, 1.165) is 11.3 Å². The number of benzene rings is 1. The number of methoxy groups -OCH3 is 2. The Kier molecular flexibility index (Phi) is 9.04. The van der Waals surface area contributed by atoms with Crippen LogP contribution in [0.1, 0.15) is 19.4 Å². The smallest absolute Gasteiger partial charge is 0.164 e. The molecule has 0 fully saturated rings. The van der Waals surface area contributed by atoms with Gasteiger partial charge in [-0.3, -0.25) is 4.21 Å². The molecule has 0 saturated heterocycles. The van der Waals surface area contributed by atoms with Crippen LogP contribution in [-0.4, -0.2) is 37.0 Å². The Balaban J connectivity index is 0.00000154. The molecule has 1 unspecified atom stereocenters. The van der Waals surface area contributed by atoms with Crippen LogP contribution in [0.25, 0.3) is 0 Å². The zero-order valence-corrected chi connectivity index (χ0v) is 13.4. The molecule has 0 aliphatic carbocycles. The molecule has 0 bridgehead atoms. The number of aryl methyl sites for hydroxylation is 1. The van der Waals surface area contributed by atoms with Gasteiger partial charge in [-0.15, -0.1) is 0 Å². The zero-order chi connectivity index (χ0) is 14.8. The van der Waals surface area contributed by atoms with Crippen molar-refractivity contribution in [3.63, 3.8) is 0 Å². The molecule has 4 nitrogen and oxygen atoms in total. The summed E-state index contributed by atoms with van der Waals surface area (Å²) in [6, 6.07) is 3.64. The first-order chi connectivity index (χ1) is 9.08. The van der Waals surface area contributed by atoms with Crippen LogP contribution < -0.4 is 14.2 Å². The van der Waals surface area contributed by atoms with Gasteiger partial charge in [0.2, 0.25) is 0 Å². The molecule has 0 spiro atoms. The number of hydrogen-bond acceptors (Lipinski definition) is 4. The van der Waals surface area contributed by atoms with Crippen molar-refractivity contribution in [3.8, 4) is 17.2 Å². The second kappa shape index (κ2) is 9.67. The monoisotopic (exact) mass is 288 g/mol. The van der Waals surface area contributed by atoms with E-state index in [1.54, 1.807) is 26.5 Å². The molecular weight excluding hydrogens is 264 g/mol. The highest BCUT2D eigenvalue weighted by molar-refractivity contribution is 7.84. The Morgan fingerprint density at radius 2 is 1.79 bits per heavy atom. The normalized spacial score (nSPS) is 11.1. The van der Waals surface area contributed by atoms with E-state index in [9.17, 15) is 4.21 Å². The van der Waals surface area contributed by atoms with Crippen LogP contribution in [0.15, 0.2) is 12.1 Å². The summed E-state index contributed by atoms with van der Waals surface area (Å²) in [7, 11) is 2.34. The highest BCUT2D eigenvalue weighted by atomic mass is 32.2. The van der Waals surface area contributed by atoms with Gasteiger partial charge < -0.3 is 14.2 Å². The van der Waals surface area contributed by atoms with E-state index in [-0.39, 0.29) is 0 Å². The molecule has 0 aliphatic rings. The molecular formula is C14H24O4S. The highest BCUT2D eigenvalue weighted by Crippen LogP contribution is 2.35. The van der Waals surface area contributed by atoms with Gasteiger partial charge in [0.05, 0.1) is 26.6 Å². The molecule has 0 radical (unpaired) electrons. The van der Waals surface area contributed by atoms with Crippen molar-refractivity contribution < 1.29 is 18.4 Å². The minimum absolute atomic E-state index is 0.409. The first kappa shape index (κ1) is 17.8. The van der Waals surface area contributed by atoms with Crippen LogP contribution in [0.5, 0.6) is 17.2 Å². The van der Waals surface area contributed by atoms with Crippen molar-refractivity contribution in [1.29, 1.82) is 0 Å². The summed E-state index contributed by atoms with van der Waals surface area (Å²) in [5.74, 6) is 2.54. The van der Waals surface area contributed by atoms with Gasteiger partial charge in [0.25, 0.3) is 0 Å². The van der Waals surface area contributed by atoms with E-state index >= 15 is 0 Å². The van der Waals surface area contributed by atoms with Gasteiger partial charge in [0.1, 0.15) is 5.75 Å². The summed E-state index contributed by atoms with van der Waals surface area (Å²) in [5.41, 5.74) is 0.933. The van der Waals surface area contributed by atoms with E-state index in [1.165, 1.54) is 0 Å². The molecule has 0 N–H and O–H groups in total. The van der Waals surface area contributed by atoms with Gasteiger partial charge in [0.15, 0.2) is 11.5 Å². The van der Waals surface area contributed by atoms with Crippen LogP contribution in [0.4, 0.5) is 0 Å². The maximum atomic E-state index is 11.0. The molecule has 0 aliphatic heterocycles. The molecule has 0 amide bonds. The number of rotatable bonds is 6. The lowest BCUT2D eigenvalue weighted by atomic mass is 10.2. The predicted octanol–water partition coefficient (Wildman–Crippen LogP) is 2.80. The first-order valence-corrected chi connectivity index (χ1v) is 7.96. The fourth-order valence-corrected chi connectivity index (χ4v) is 1.74. The summed E-state index contributed by atoms with van der Waals surface area (Å²) in [6.07, 6.45) is 1.65. The van der Waals surface area contributed by atoms with E-state index in [4.69, 9.17) is 14.2 Å². The number of hydrogen-bond donors (Lipinski definition) is 0. The summed E-state index contributed by atoms with van der Waals surface area (Å²) < 4.78 is 26.9. The van der Waals surface area contributed by atoms with E-state index in [1.807, 2.05) is 26.8 Å². The van der Waals surface area contributed by atoms with Gasteiger partial charge in [0, 0.05) is 23.1 Å². The fraction of sp³-hybridized carbons (Fsp3) is 0.571. The van der Waals surface area contributed by atoms with Crippen LogP contribution in [0.2, 0.25) is 0 Å². The molecule has 0 aromatic heterocycles. The van der Waals surface area contributed by atoms with Crippen LogP contribution in [0.3, 0.4) is 0 Å². The summed E-state index contributed by atoms with van der Waals surface area (Å²) in [5, 5.41) is 0. The Morgan fingerprint density at radius 3 is 2.26 bits per heavy atom. The topological polar surface area (TPSA) is 44.8 Å². The molecule has 1 atom stereocenters. The van der Waals surface area contributed by atoms with Crippen LogP contribution in [-0.2, 0) is 10.8 Å². The van der Waals surface area contributed by atoms with Crippen molar-refractivity contribution >= 4 is 10.8 Å². The molecule has 110 valence electrons. The van der Waals surface area contributed by atoms with Gasteiger partial charge in [-0.1, -0.05) is 13.8 Å². The van der Waals surface area contributed by atoms with E-state index in [2.05, 4.69) is 0 Å². The zero-order valence-electron chi connectivity index (χ0n) is 12.6. The average molecular weight is 288 g/mol. The molecule has 0 saturated carbocycles. The van der Waals surface area contributed by atoms with Gasteiger partial charge >= 0.3 is 0 Å². The van der Waals surface area contributed by atoms with Crippen LogP contribution >= 0.6 is 0 Å². The maximum absolute atomic E-state index is 11.0. The average Bonchev–Trinajstić information content (AvgIpc) is 2.41. The summed E-state index contributed by atoms with van der Waals surface area (Å²) >= 11 is 0. The lowest BCUT2D eigenvalue weighted by molar-refractivity contribution is 0.308. The lowest BCUT2D eigenvalue weighted by Gasteiger charge is -2.14. The molecule has 1 rings (SSSR count). The van der Waals surface area contributed by atoms with Crippen LogP contribution in [0, 0.1) is 6.92 Å². The molecule has 19 heavy (non-hydrogen) atoms. The third kappa shape index (κ3) is 5.96. The largest absolute Gasteiger partial charge is 0.497 e. The SMILES string of the molecule is CC.COc1cc(C)c(OCCS(C)=O)c(OC)c1. The second-order valence-electron chi connectivity index (χ2n) is 3.60.